The lowest BCUT2D eigenvalue weighted by Gasteiger charge is -2.41. The lowest BCUT2D eigenvalue weighted by atomic mass is 9.74. The summed E-state index contributed by atoms with van der Waals surface area (Å²) >= 11 is 0. The zero-order chi connectivity index (χ0) is 18.9. The molecule has 0 aromatic carbocycles. The summed E-state index contributed by atoms with van der Waals surface area (Å²) < 4.78 is 31.1. The molecular formula is C19H18FN3O4. The predicted octanol–water partition coefficient (Wildman–Crippen LogP) is 3.64. The number of hydrogen-bond acceptors (Lipinski definition) is 7. The van der Waals surface area contributed by atoms with Crippen LogP contribution in [0.4, 0.5) is 4.39 Å². The standard InChI is InChI=1S/C19H18FN3O4/c1-2-25-18-7-13(5-6-21-18)19(20)9-14(10-19)26-17-4-3-12(11-22-17)15-8-16(24)23-27-15/h3-8,11,14H,2,9-10H2,1H3,(H,23,24)/t14-,19-. The van der Waals surface area contributed by atoms with Crippen molar-refractivity contribution in [2.75, 3.05) is 6.61 Å². The first kappa shape index (κ1) is 17.3. The van der Waals surface area contributed by atoms with Crippen molar-refractivity contribution in [2.24, 2.45) is 0 Å². The summed E-state index contributed by atoms with van der Waals surface area (Å²) in [4.78, 5) is 8.27. The minimum atomic E-state index is -1.45. The first-order chi connectivity index (χ1) is 13.1. The third-order valence-electron chi connectivity index (χ3n) is 4.45. The van der Waals surface area contributed by atoms with Crippen molar-refractivity contribution < 1.29 is 23.5 Å². The number of aromatic hydroxyl groups is 1. The van der Waals surface area contributed by atoms with E-state index in [-0.39, 0.29) is 24.8 Å². The summed E-state index contributed by atoms with van der Waals surface area (Å²) in [6, 6.07) is 8.11. The second-order valence-electron chi connectivity index (χ2n) is 6.36. The molecule has 0 unspecified atom stereocenters. The molecule has 140 valence electrons. The molecule has 0 amide bonds. The van der Waals surface area contributed by atoms with Gasteiger partial charge in [-0.15, -0.1) is 0 Å². The molecular weight excluding hydrogens is 353 g/mol. The molecule has 1 aliphatic carbocycles. The molecule has 3 heterocycles. The van der Waals surface area contributed by atoms with E-state index in [2.05, 4.69) is 15.1 Å². The number of rotatable bonds is 6. The lowest BCUT2D eigenvalue weighted by molar-refractivity contribution is -0.0487. The Kier molecular flexibility index (Phi) is 4.39. The van der Waals surface area contributed by atoms with Crippen LogP contribution in [0, 0.1) is 0 Å². The minimum absolute atomic E-state index is 0.192. The molecule has 4 rings (SSSR count). The molecule has 3 aromatic rings. The highest BCUT2D eigenvalue weighted by Crippen LogP contribution is 2.47. The van der Waals surface area contributed by atoms with Crippen LogP contribution >= 0.6 is 0 Å². The highest BCUT2D eigenvalue weighted by molar-refractivity contribution is 5.57. The van der Waals surface area contributed by atoms with Crippen LogP contribution in [0.15, 0.2) is 47.2 Å². The normalized spacial score (nSPS) is 21.5. The molecule has 0 spiro atoms. The number of aromatic nitrogens is 3. The van der Waals surface area contributed by atoms with E-state index in [1.165, 1.54) is 6.07 Å². The molecule has 0 aliphatic heterocycles. The summed E-state index contributed by atoms with van der Waals surface area (Å²) in [6.07, 6.45) is 3.32. The second-order valence-corrected chi connectivity index (χ2v) is 6.36. The predicted molar refractivity (Wildman–Crippen MR) is 93.2 cm³/mol. The maximum absolute atomic E-state index is 15.1. The number of nitrogens with zero attached hydrogens (tertiary/aromatic N) is 3. The van der Waals surface area contributed by atoms with Crippen LogP contribution in [0.3, 0.4) is 0 Å². The second kappa shape index (κ2) is 6.86. The topological polar surface area (TPSA) is 90.5 Å². The van der Waals surface area contributed by atoms with Crippen LogP contribution in [0.5, 0.6) is 17.6 Å². The van der Waals surface area contributed by atoms with Gasteiger partial charge in [-0.25, -0.2) is 14.4 Å². The molecule has 0 atom stereocenters. The van der Waals surface area contributed by atoms with Gasteiger partial charge in [-0.05, 0) is 29.8 Å². The summed E-state index contributed by atoms with van der Waals surface area (Å²) in [5.41, 5.74) is -0.241. The SMILES string of the molecule is CCOc1cc([C@]2(F)C[C@H](Oc3ccc(-c4cc(O)no4)cn3)C2)ccn1. The zero-order valence-corrected chi connectivity index (χ0v) is 14.6. The maximum atomic E-state index is 15.1. The fourth-order valence-corrected chi connectivity index (χ4v) is 3.06. The Morgan fingerprint density at radius 1 is 1.22 bits per heavy atom. The summed E-state index contributed by atoms with van der Waals surface area (Å²) in [6.45, 7) is 2.34. The van der Waals surface area contributed by atoms with E-state index < -0.39 is 5.67 Å². The van der Waals surface area contributed by atoms with E-state index in [1.54, 1.807) is 36.7 Å². The Morgan fingerprint density at radius 2 is 2.07 bits per heavy atom. The van der Waals surface area contributed by atoms with Gasteiger partial charge < -0.3 is 19.1 Å². The lowest BCUT2D eigenvalue weighted by Crippen LogP contribution is -2.44. The summed E-state index contributed by atoms with van der Waals surface area (Å²) in [5.74, 6) is 1.04. The highest BCUT2D eigenvalue weighted by atomic mass is 19.1. The van der Waals surface area contributed by atoms with Gasteiger partial charge in [0.1, 0.15) is 11.8 Å². The van der Waals surface area contributed by atoms with Crippen LogP contribution in [-0.4, -0.2) is 32.9 Å². The maximum Gasteiger partial charge on any atom is 0.252 e. The van der Waals surface area contributed by atoms with Crippen molar-refractivity contribution in [2.45, 2.75) is 31.5 Å². The molecule has 7 nitrogen and oxygen atoms in total. The highest BCUT2D eigenvalue weighted by Gasteiger charge is 2.48. The summed E-state index contributed by atoms with van der Waals surface area (Å²) in [5, 5.41) is 12.6. The van der Waals surface area contributed by atoms with Crippen LogP contribution in [0.2, 0.25) is 0 Å². The molecule has 1 fully saturated rings. The third-order valence-corrected chi connectivity index (χ3v) is 4.45. The number of hydrogen-bond donors (Lipinski definition) is 1. The van der Waals surface area contributed by atoms with Crippen LogP contribution in [-0.2, 0) is 5.67 Å². The molecule has 0 saturated heterocycles. The molecule has 1 N–H and O–H groups in total. The van der Waals surface area contributed by atoms with E-state index in [0.717, 1.165) is 0 Å². The fourth-order valence-electron chi connectivity index (χ4n) is 3.06. The van der Waals surface area contributed by atoms with E-state index in [1.807, 2.05) is 6.92 Å². The largest absolute Gasteiger partial charge is 0.491 e. The van der Waals surface area contributed by atoms with Crippen molar-refractivity contribution >= 4 is 0 Å². The van der Waals surface area contributed by atoms with Crippen molar-refractivity contribution in [3.63, 3.8) is 0 Å². The van der Waals surface area contributed by atoms with Crippen LogP contribution in [0.25, 0.3) is 11.3 Å². The van der Waals surface area contributed by atoms with E-state index in [4.69, 9.17) is 14.0 Å². The average Bonchev–Trinajstić information content (AvgIpc) is 3.08. The third kappa shape index (κ3) is 3.55. The van der Waals surface area contributed by atoms with Crippen LogP contribution < -0.4 is 9.47 Å². The van der Waals surface area contributed by atoms with Gasteiger partial charge in [-0.1, -0.05) is 0 Å². The van der Waals surface area contributed by atoms with Gasteiger partial charge in [-0.2, -0.15) is 0 Å². The number of alkyl halides is 1. The Hall–Kier alpha value is -3.16. The monoisotopic (exact) mass is 371 g/mol. The average molecular weight is 371 g/mol. The number of ether oxygens (including phenoxy) is 2. The molecule has 1 aliphatic rings. The van der Waals surface area contributed by atoms with Crippen LogP contribution in [0.1, 0.15) is 25.3 Å². The van der Waals surface area contributed by atoms with Gasteiger partial charge in [0, 0.05) is 49.0 Å². The Balaban J connectivity index is 1.38. The Bertz CT molecular complexity index is 923. The molecule has 27 heavy (non-hydrogen) atoms. The Labute approximate surface area is 154 Å². The molecule has 1 saturated carbocycles. The van der Waals surface area contributed by atoms with Crippen molar-refractivity contribution in [1.82, 2.24) is 15.1 Å². The van der Waals surface area contributed by atoms with Gasteiger partial charge in [0.2, 0.25) is 11.8 Å². The first-order valence-electron chi connectivity index (χ1n) is 8.63. The van der Waals surface area contributed by atoms with Crippen molar-refractivity contribution in [1.29, 1.82) is 0 Å². The smallest absolute Gasteiger partial charge is 0.252 e. The Morgan fingerprint density at radius 3 is 2.74 bits per heavy atom. The number of halogens is 1. The van der Waals surface area contributed by atoms with E-state index in [9.17, 15) is 5.11 Å². The zero-order valence-electron chi connectivity index (χ0n) is 14.6. The first-order valence-corrected chi connectivity index (χ1v) is 8.63. The van der Waals surface area contributed by atoms with Gasteiger partial charge in [-0.3, -0.25) is 0 Å². The molecule has 8 heteroatoms. The molecule has 0 bridgehead atoms. The van der Waals surface area contributed by atoms with Gasteiger partial charge in [0.05, 0.1) is 6.61 Å². The van der Waals surface area contributed by atoms with E-state index >= 15 is 4.39 Å². The quantitative estimate of drug-likeness (QED) is 0.707. The van der Waals surface area contributed by atoms with Gasteiger partial charge in [0.15, 0.2) is 5.76 Å². The number of pyridine rings is 2. The minimum Gasteiger partial charge on any atom is -0.491 e. The fraction of sp³-hybridized carbons (Fsp3) is 0.316. The van der Waals surface area contributed by atoms with Crippen molar-refractivity contribution in [3.8, 4) is 29.0 Å². The van der Waals surface area contributed by atoms with Gasteiger partial charge >= 0.3 is 0 Å². The van der Waals surface area contributed by atoms with Crippen molar-refractivity contribution in [3.05, 3.63) is 48.3 Å². The molecule has 0 radical (unpaired) electrons. The van der Waals surface area contributed by atoms with Gasteiger partial charge in [0.25, 0.3) is 5.88 Å². The summed E-state index contributed by atoms with van der Waals surface area (Å²) in [7, 11) is 0. The van der Waals surface area contributed by atoms with E-state index in [0.29, 0.717) is 35.3 Å². The molecule has 3 aromatic heterocycles.